The minimum atomic E-state index is 0.710. The Kier molecular flexibility index (Phi) is 8.54. The Balaban J connectivity index is 1.74. The normalized spacial score (nSPS) is 11.7. The first-order valence-corrected chi connectivity index (χ1v) is 10.0. The molecule has 0 unspecified atom stereocenters. The van der Waals surface area contributed by atoms with Crippen LogP contribution in [0.4, 0.5) is 0 Å². The molecule has 2 rings (SSSR count). The summed E-state index contributed by atoms with van der Waals surface area (Å²) >= 11 is 1.72. The van der Waals surface area contributed by atoms with Gasteiger partial charge in [-0.2, -0.15) is 0 Å². The van der Waals surface area contributed by atoms with Crippen molar-refractivity contribution in [1.29, 1.82) is 0 Å². The van der Waals surface area contributed by atoms with Crippen LogP contribution in [0.25, 0.3) is 0 Å². The quantitative estimate of drug-likeness (QED) is 0.392. The van der Waals surface area contributed by atoms with E-state index in [1.54, 1.807) is 18.4 Å². The Morgan fingerprint density at radius 2 is 1.85 bits per heavy atom. The highest BCUT2D eigenvalue weighted by Gasteiger charge is 2.06. The van der Waals surface area contributed by atoms with Crippen molar-refractivity contribution in [3.8, 4) is 5.75 Å². The molecule has 7 heteroatoms. The predicted octanol–water partition coefficient (Wildman–Crippen LogP) is 2.96. The number of nitrogens with zero attached hydrogens (tertiary/aromatic N) is 3. The Hall–Kier alpha value is -2.12. The van der Waals surface area contributed by atoms with Crippen molar-refractivity contribution in [3.05, 3.63) is 45.4 Å². The van der Waals surface area contributed by atoms with E-state index in [1.165, 1.54) is 10.4 Å². The summed E-state index contributed by atoms with van der Waals surface area (Å²) in [6.07, 6.45) is 1.02. The molecule has 0 saturated heterocycles. The van der Waals surface area contributed by atoms with Crippen LogP contribution in [0.15, 0.2) is 29.3 Å². The molecule has 2 N–H and O–H groups in total. The molecule has 1 aromatic carbocycles. The van der Waals surface area contributed by atoms with E-state index in [1.807, 2.05) is 26.0 Å². The SMILES string of the molecule is CN=C(NCc1ccc(OCCCN(C)C)cc1)NCc1sc(C)nc1C. The summed E-state index contributed by atoms with van der Waals surface area (Å²) in [5.41, 5.74) is 2.27. The summed E-state index contributed by atoms with van der Waals surface area (Å²) < 4.78 is 5.77. The van der Waals surface area contributed by atoms with E-state index in [9.17, 15) is 0 Å². The number of nitrogens with one attached hydrogen (secondary N) is 2. The van der Waals surface area contributed by atoms with Gasteiger partial charge in [-0.15, -0.1) is 11.3 Å². The molecule has 0 aliphatic heterocycles. The average Bonchev–Trinajstić information content (AvgIpc) is 2.97. The number of ether oxygens (including phenoxy) is 1. The zero-order valence-electron chi connectivity index (χ0n) is 17.0. The van der Waals surface area contributed by atoms with E-state index in [2.05, 4.69) is 51.7 Å². The zero-order chi connectivity index (χ0) is 19.6. The zero-order valence-corrected chi connectivity index (χ0v) is 17.8. The molecule has 0 aliphatic carbocycles. The highest BCUT2D eigenvalue weighted by Crippen LogP contribution is 2.16. The Bertz CT molecular complexity index is 724. The van der Waals surface area contributed by atoms with Crippen molar-refractivity contribution in [1.82, 2.24) is 20.5 Å². The minimum absolute atomic E-state index is 0.710. The van der Waals surface area contributed by atoms with E-state index in [0.717, 1.165) is 48.5 Å². The fourth-order valence-electron chi connectivity index (χ4n) is 2.58. The topological polar surface area (TPSA) is 61.8 Å². The lowest BCUT2D eigenvalue weighted by Crippen LogP contribution is -2.36. The van der Waals surface area contributed by atoms with E-state index in [4.69, 9.17) is 4.74 Å². The minimum Gasteiger partial charge on any atom is -0.494 e. The third kappa shape index (κ3) is 7.56. The van der Waals surface area contributed by atoms with Gasteiger partial charge in [0.2, 0.25) is 0 Å². The van der Waals surface area contributed by atoms with E-state index in [-0.39, 0.29) is 0 Å². The van der Waals surface area contributed by atoms with E-state index >= 15 is 0 Å². The molecule has 0 atom stereocenters. The first-order valence-electron chi connectivity index (χ1n) is 9.22. The second-order valence-corrected chi connectivity index (χ2v) is 7.96. The number of rotatable bonds is 9. The number of aromatic nitrogens is 1. The highest BCUT2D eigenvalue weighted by molar-refractivity contribution is 7.11. The van der Waals surface area contributed by atoms with Crippen molar-refractivity contribution >= 4 is 17.3 Å². The van der Waals surface area contributed by atoms with Gasteiger partial charge in [-0.1, -0.05) is 12.1 Å². The van der Waals surface area contributed by atoms with Crippen LogP contribution < -0.4 is 15.4 Å². The molecule has 1 heterocycles. The largest absolute Gasteiger partial charge is 0.494 e. The van der Waals surface area contributed by atoms with Crippen LogP contribution in [0, 0.1) is 13.8 Å². The summed E-state index contributed by atoms with van der Waals surface area (Å²) in [5, 5.41) is 7.78. The number of benzene rings is 1. The van der Waals surface area contributed by atoms with Gasteiger partial charge in [0.1, 0.15) is 5.75 Å². The standard InChI is InChI=1S/C20H31N5OS/c1-15-19(27-16(2)24-15)14-23-20(21-3)22-13-17-7-9-18(10-8-17)26-12-6-11-25(4)5/h7-10H,6,11-14H2,1-5H3,(H2,21,22,23). The number of hydrogen-bond donors (Lipinski definition) is 2. The lowest BCUT2D eigenvalue weighted by atomic mass is 10.2. The van der Waals surface area contributed by atoms with Gasteiger partial charge in [0.05, 0.1) is 23.9 Å². The molecule has 0 radical (unpaired) electrons. The van der Waals surface area contributed by atoms with Crippen LogP contribution in [0.1, 0.15) is 27.6 Å². The maximum atomic E-state index is 5.77. The molecule has 6 nitrogen and oxygen atoms in total. The fraction of sp³-hybridized carbons (Fsp3) is 0.500. The van der Waals surface area contributed by atoms with E-state index < -0.39 is 0 Å². The van der Waals surface area contributed by atoms with Crippen LogP contribution in [0.5, 0.6) is 5.75 Å². The van der Waals surface area contributed by atoms with E-state index in [0.29, 0.717) is 6.54 Å². The second-order valence-electron chi connectivity index (χ2n) is 6.67. The summed E-state index contributed by atoms with van der Waals surface area (Å²) in [5.74, 6) is 1.69. The first-order chi connectivity index (χ1) is 13.0. The Morgan fingerprint density at radius 1 is 1.15 bits per heavy atom. The number of aliphatic imine (C=N–C) groups is 1. The van der Waals surface area contributed by atoms with Gasteiger partial charge >= 0.3 is 0 Å². The van der Waals surface area contributed by atoms with Crippen molar-refractivity contribution in [2.24, 2.45) is 4.99 Å². The molecule has 0 fully saturated rings. The molecular weight excluding hydrogens is 358 g/mol. The average molecular weight is 390 g/mol. The van der Waals surface area contributed by atoms with Gasteiger partial charge in [0, 0.05) is 25.0 Å². The number of guanidine groups is 1. The highest BCUT2D eigenvalue weighted by atomic mass is 32.1. The summed E-state index contributed by atoms with van der Waals surface area (Å²) in [4.78, 5) is 12.1. The monoisotopic (exact) mass is 389 g/mol. The summed E-state index contributed by atoms with van der Waals surface area (Å²) in [7, 11) is 5.93. The van der Waals surface area contributed by atoms with Gasteiger partial charge in [-0.05, 0) is 52.1 Å². The third-order valence-electron chi connectivity index (χ3n) is 4.04. The first kappa shape index (κ1) is 21.2. The predicted molar refractivity (Wildman–Crippen MR) is 114 cm³/mol. The molecular formula is C20H31N5OS. The molecule has 0 bridgehead atoms. The van der Waals surface area contributed by atoms with Crippen molar-refractivity contribution in [2.75, 3.05) is 34.3 Å². The molecule has 0 aliphatic rings. The summed E-state index contributed by atoms with van der Waals surface area (Å²) in [6, 6.07) is 8.20. The molecule has 1 aromatic heterocycles. The van der Waals surface area contributed by atoms with Crippen molar-refractivity contribution in [2.45, 2.75) is 33.4 Å². The van der Waals surface area contributed by atoms with Crippen LogP contribution in [-0.4, -0.2) is 50.1 Å². The van der Waals surface area contributed by atoms with Crippen molar-refractivity contribution < 1.29 is 4.74 Å². The Morgan fingerprint density at radius 3 is 2.44 bits per heavy atom. The van der Waals surface area contributed by atoms with Gasteiger partial charge in [0.15, 0.2) is 5.96 Å². The lowest BCUT2D eigenvalue weighted by Gasteiger charge is -2.12. The summed E-state index contributed by atoms with van der Waals surface area (Å²) in [6.45, 7) is 7.29. The number of aryl methyl sites for hydroxylation is 2. The van der Waals surface area contributed by atoms with Gasteiger partial charge in [-0.3, -0.25) is 4.99 Å². The van der Waals surface area contributed by atoms with Crippen molar-refractivity contribution in [3.63, 3.8) is 0 Å². The number of hydrogen-bond acceptors (Lipinski definition) is 5. The molecule has 2 aromatic rings. The van der Waals surface area contributed by atoms with Gasteiger partial charge in [0.25, 0.3) is 0 Å². The third-order valence-corrected chi connectivity index (χ3v) is 5.11. The number of thiazole rings is 1. The molecule has 0 amide bonds. The molecule has 27 heavy (non-hydrogen) atoms. The van der Waals surface area contributed by atoms with Crippen LogP contribution in [0.3, 0.4) is 0 Å². The molecule has 148 valence electrons. The van der Waals surface area contributed by atoms with Crippen LogP contribution >= 0.6 is 11.3 Å². The van der Waals surface area contributed by atoms with Gasteiger partial charge in [-0.25, -0.2) is 4.98 Å². The molecule has 0 saturated carbocycles. The Labute approximate surface area is 166 Å². The fourth-order valence-corrected chi connectivity index (χ4v) is 3.46. The van der Waals surface area contributed by atoms with Crippen LogP contribution in [-0.2, 0) is 13.1 Å². The second kappa shape index (κ2) is 10.9. The molecule has 0 spiro atoms. The smallest absolute Gasteiger partial charge is 0.191 e. The van der Waals surface area contributed by atoms with Crippen LogP contribution in [0.2, 0.25) is 0 Å². The lowest BCUT2D eigenvalue weighted by molar-refractivity contribution is 0.281. The van der Waals surface area contributed by atoms with Gasteiger partial charge < -0.3 is 20.3 Å². The maximum absolute atomic E-state index is 5.77. The maximum Gasteiger partial charge on any atom is 0.191 e.